The minimum absolute atomic E-state index is 0.329. The third-order valence-corrected chi connectivity index (χ3v) is 2.25. The van der Waals surface area contributed by atoms with E-state index in [1.54, 1.807) is 0 Å². The van der Waals surface area contributed by atoms with Crippen molar-refractivity contribution < 1.29 is 19.5 Å². The van der Waals surface area contributed by atoms with Gasteiger partial charge in [-0.05, 0) is 12.0 Å². The van der Waals surface area contributed by atoms with Crippen LogP contribution in [0.25, 0.3) is 0 Å². The molecule has 100 valence electrons. The second-order valence-electron chi connectivity index (χ2n) is 3.82. The number of nitrogens with two attached hydrogens (primary N) is 1. The Labute approximate surface area is 109 Å². The first-order chi connectivity index (χ1) is 8.99. The highest BCUT2D eigenvalue weighted by atomic mass is 16.4. The average Bonchev–Trinajstić information content (AvgIpc) is 2.75. The zero-order valence-corrected chi connectivity index (χ0v) is 10.1. The van der Waals surface area contributed by atoms with E-state index >= 15 is 0 Å². The van der Waals surface area contributed by atoms with Crippen molar-refractivity contribution in [1.82, 2.24) is 5.32 Å². The van der Waals surface area contributed by atoms with Crippen LogP contribution in [0.4, 0.5) is 0 Å². The van der Waals surface area contributed by atoms with E-state index in [0.717, 1.165) is 5.56 Å². The zero-order valence-electron chi connectivity index (χ0n) is 10.1. The molecule has 4 N–H and O–H groups in total. The molecule has 1 aliphatic rings. The molecule has 0 saturated heterocycles. The molecule has 1 heterocycles. The van der Waals surface area contributed by atoms with Gasteiger partial charge >= 0.3 is 5.97 Å². The van der Waals surface area contributed by atoms with Gasteiger partial charge in [-0.25, -0.2) is 0 Å². The summed E-state index contributed by atoms with van der Waals surface area (Å²) in [4.78, 5) is 30.4. The van der Waals surface area contributed by atoms with Gasteiger partial charge in [-0.3, -0.25) is 19.7 Å². The van der Waals surface area contributed by atoms with Gasteiger partial charge in [-0.2, -0.15) is 0 Å². The molecular weight excluding hydrogens is 248 g/mol. The number of hydrogen-bond donors (Lipinski definition) is 3. The number of imide groups is 1. The Morgan fingerprint density at radius 1 is 1.16 bits per heavy atom. The Morgan fingerprint density at radius 3 is 2.05 bits per heavy atom. The Balaban J connectivity index is 0.000000218. The summed E-state index contributed by atoms with van der Waals surface area (Å²) >= 11 is 0. The summed E-state index contributed by atoms with van der Waals surface area (Å²) in [6.07, 6.45) is 2.78. The second kappa shape index (κ2) is 7.07. The Hall–Kier alpha value is -2.47. The molecule has 2 amide bonds. The van der Waals surface area contributed by atoms with Crippen LogP contribution in [0.5, 0.6) is 0 Å². The van der Waals surface area contributed by atoms with Crippen molar-refractivity contribution in [1.29, 1.82) is 0 Å². The fourth-order valence-electron chi connectivity index (χ4n) is 1.31. The largest absolute Gasteiger partial charge is 0.480 e. The molecule has 0 saturated carbocycles. The van der Waals surface area contributed by atoms with E-state index in [0.29, 0.717) is 6.42 Å². The molecule has 2 rings (SSSR count). The highest BCUT2D eigenvalue weighted by Gasteiger charge is 2.11. The quantitative estimate of drug-likeness (QED) is 0.656. The Bertz CT molecular complexity index is 481. The van der Waals surface area contributed by atoms with E-state index in [-0.39, 0.29) is 11.8 Å². The van der Waals surface area contributed by atoms with Gasteiger partial charge in [-0.1, -0.05) is 30.3 Å². The number of rotatable bonds is 3. The van der Waals surface area contributed by atoms with Crippen LogP contribution in [0.2, 0.25) is 0 Å². The molecule has 0 aromatic heterocycles. The van der Waals surface area contributed by atoms with Crippen LogP contribution in [0.1, 0.15) is 5.56 Å². The van der Waals surface area contributed by atoms with Gasteiger partial charge in [0.05, 0.1) is 0 Å². The van der Waals surface area contributed by atoms with Crippen molar-refractivity contribution in [3.63, 3.8) is 0 Å². The minimum atomic E-state index is -0.959. The van der Waals surface area contributed by atoms with Gasteiger partial charge in [0.2, 0.25) is 0 Å². The highest BCUT2D eigenvalue weighted by molar-refractivity contribution is 6.12. The number of carbonyl (C=O) groups excluding carboxylic acids is 2. The molecular formula is C13H14N2O4. The number of nitrogens with one attached hydrogen (secondary N) is 1. The third-order valence-electron chi connectivity index (χ3n) is 2.25. The lowest BCUT2D eigenvalue weighted by atomic mass is 10.1. The van der Waals surface area contributed by atoms with Crippen molar-refractivity contribution in [2.24, 2.45) is 5.73 Å². The summed E-state index contributed by atoms with van der Waals surface area (Å²) in [5.41, 5.74) is 6.30. The summed E-state index contributed by atoms with van der Waals surface area (Å²) < 4.78 is 0. The highest BCUT2D eigenvalue weighted by Crippen LogP contribution is 2.01. The summed E-state index contributed by atoms with van der Waals surface area (Å²) in [6, 6.07) is 8.54. The minimum Gasteiger partial charge on any atom is -0.480 e. The zero-order chi connectivity index (χ0) is 14.3. The van der Waals surface area contributed by atoms with Crippen molar-refractivity contribution in [3.05, 3.63) is 48.0 Å². The summed E-state index contributed by atoms with van der Waals surface area (Å²) in [6.45, 7) is 0. The molecule has 19 heavy (non-hydrogen) atoms. The first-order valence-electron chi connectivity index (χ1n) is 5.54. The van der Waals surface area contributed by atoms with Gasteiger partial charge in [0.1, 0.15) is 6.04 Å². The predicted molar refractivity (Wildman–Crippen MR) is 68.0 cm³/mol. The second-order valence-corrected chi connectivity index (χ2v) is 3.82. The van der Waals surface area contributed by atoms with Gasteiger partial charge in [0.15, 0.2) is 0 Å². The molecule has 0 bridgehead atoms. The smallest absolute Gasteiger partial charge is 0.320 e. The monoisotopic (exact) mass is 262 g/mol. The molecule has 6 nitrogen and oxygen atoms in total. The number of hydrogen-bond acceptors (Lipinski definition) is 4. The van der Waals surface area contributed by atoms with E-state index < -0.39 is 12.0 Å². The lowest BCUT2D eigenvalue weighted by Crippen LogP contribution is -2.32. The van der Waals surface area contributed by atoms with Crippen LogP contribution in [-0.4, -0.2) is 28.9 Å². The Morgan fingerprint density at radius 2 is 1.68 bits per heavy atom. The number of amides is 2. The van der Waals surface area contributed by atoms with Crippen molar-refractivity contribution in [2.75, 3.05) is 0 Å². The third kappa shape index (κ3) is 5.60. The van der Waals surface area contributed by atoms with Gasteiger partial charge in [0, 0.05) is 12.2 Å². The lowest BCUT2D eigenvalue weighted by Gasteiger charge is -2.04. The van der Waals surface area contributed by atoms with E-state index in [4.69, 9.17) is 10.8 Å². The molecule has 0 fully saturated rings. The standard InChI is InChI=1S/C9H11NO2.C4H3NO2/c10-8(9(11)12)6-7-4-2-1-3-5-7;6-3-1-2-4(7)5-3/h1-5,8H,6,10H2,(H,11,12);1-2H,(H,5,6,7)/t8-;/m0./s1. The van der Waals surface area contributed by atoms with Crippen LogP contribution < -0.4 is 11.1 Å². The molecule has 1 aromatic carbocycles. The van der Waals surface area contributed by atoms with Crippen molar-refractivity contribution in [2.45, 2.75) is 12.5 Å². The first-order valence-corrected chi connectivity index (χ1v) is 5.54. The van der Waals surface area contributed by atoms with Gasteiger partial charge in [-0.15, -0.1) is 0 Å². The fraction of sp³-hybridized carbons (Fsp3) is 0.154. The summed E-state index contributed by atoms with van der Waals surface area (Å²) in [7, 11) is 0. The summed E-state index contributed by atoms with van der Waals surface area (Å²) in [5, 5.41) is 10.5. The van der Waals surface area contributed by atoms with Crippen LogP contribution in [0.3, 0.4) is 0 Å². The number of aliphatic carboxylic acids is 1. The SMILES string of the molecule is N[C@@H](Cc1ccccc1)C(=O)O.O=C1C=CC(=O)N1. The molecule has 1 aromatic rings. The maximum Gasteiger partial charge on any atom is 0.320 e. The predicted octanol–water partition coefficient (Wildman–Crippen LogP) is -0.160. The topological polar surface area (TPSA) is 109 Å². The van der Waals surface area contributed by atoms with Crippen LogP contribution in [0.15, 0.2) is 42.5 Å². The van der Waals surface area contributed by atoms with Crippen LogP contribution >= 0.6 is 0 Å². The molecule has 0 unspecified atom stereocenters. The molecule has 6 heteroatoms. The normalized spacial score (nSPS) is 14.4. The molecule has 0 aliphatic carbocycles. The molecule has 1 atom stereocenters. The Kier molecular flexibility index (Phi) is 5.43. The fourth-order valence-corrected chi connectivity index (χ4v) is 1.31. The van der Waals surface area contributed by atoms with E-state index in [1.165, 1.54) is 12.2 Å². The van der Waals surface area contributed by atoms with Crippen molar-refractivity contribution >= 4 is 17.8 Å². The maximum atomic E-state index is 10.4. The van der Waals surface area contributed by atoms with Gasteiger partial charge in [0.25, 0.3) is 11.8 Å². The number of carboxylic acids is 1. The first kappa shape index (κ1) is 14.6. The van der Waals surface area contributed by atoms with E-state index in [1.807, 2.05) is 35.6 Å². The number of carbonyl (C=O) groups is 3. The molecule has 1 aliphatic heterocycles. The molecule has 0 radical (unpaired) electrons. The van der Waals surface area contributed by atoms with E-state index in [9.17, 15) is 14.4 Å². The summed E-state index contributed by atoms with van der Waals surface area (Å²) in [5.74, 6) is -1.62. The van der Waals surface area contributed by atoms with E-state index in [2.05, 4.69) is 0 Å². The van der Waals surface area contributed by atoms with Crippen molar-refractivity contribution in [3.8, 4) is 0 Å². The maximum absolute atomic E-state index is 10.4. The number of benzene rings is 1. The average molecular weight is 262 g/mol. The number of carboxylic acid groups (broad SMARTS) is 1. The lowest BCUT2D eigenvalue weighted by molar-refractivity contribution is -0.138. The van der Waals surface area contributed by atoms with Gasteiger partial charge < -0.3 is 10.8 Å². The van der Waals surface area contributed by atoms with Crippen LogP contribution in [0, 0.1) is 0 Å². The molecule has 0 spiro atoms. The van der Waals surface area contributed by atoms with Crippen LogP contribution in [-0.2, 0) is 20.8 Å².